The summed E-state index contributed by atoms with van der Waals surface area (Å²) in [6.45, 7) is 9.71. The van der Waals surface area contributed by atoms with Gasteiger partial charge < -0.3 is 24.7 Å². The SMILES string of the molecule is CCCO[C@H]1CN(c2nc(C)c(C(=O)OCC)s2)CC[C@H]1NC(=O)c1nc(Cl)c(CC)[nH]1. The number of amides is 1. The first-order chi connectivity index (χ1) is 15.4. The number of carbonyl (C=O) groups excluding carboxylic acids is 2. The van der Waals surface area contributed by atoms with Crippen LogP contribution in [0.1, 0.15) is 65.3 Å². The molecule has 0 aromatic carbocycles. The standard InChI is InChI=1S/C21H30ClN5O4S/c1-5-10-31-15-11-27(21-23-12(4)16(32-21)20(29)30-7-3)9-8-14(15)25-19(28)18-24-13(6-2)17(22)26-18/h14-15H,5-11H2,1-4H3,(H,24,26)(H,25,28)/t14-,15+/m1/s1. The molecule has 1 fully saturated rings. The van der Waals surface area contributed by atoms with Crippen LogP contribution in [0.2, 0.25) is 5.15 Å². The van der Waals surface area contributed by atoms with Crippen molar-refractivity contribution in [2.75, 3.05) is 31.2 Å². The van der Waals surface area contributed by atoms with E-state index in [-0.39, 0.29) is 29.8 Å². The van der Waals surface area contributed by atoms with Gasteiger partial charge in [0.25, 0.3) is 5.91 Å². The molecule has 1 aliphatic heterocycles. The molecule has 176 valence electrons. The monoisotopic (exact) mass is 483 g/mol. The highest BCUT2D eigenvalue weighted by atomic mass is 35.5. The largest absolute Gasteiger partial charge is 0.462 e. The molecule has 1 amide bonds. The van der Waals surface area contributed by atoms with Gasteiger partial charge in [-0.25, -0.2) is 14.8 Å². The summed E-state index contributed by atoms with van der Waals surface area (Å²) in [6.07, 6.45) is 1.98. The molecule has 0 spiro atoms. The van der Waals surface area contributed by atoms with Crippen LogP contribution < -0.4 is 10.2 Å². The first kappa shape index (κ1) is 24.5. The molecule has 2 atom stereocenters. The number of aromatic amines is 1. The first-order valence-corrected chi connectivity index (χ1v) is 12.1. The molecule has 0 saturated carbocycles. The number of H-pyrrole nitrogens is 1. The van der Waals surface area contributed by atoms with E-state index < -0.39 is 0 Å². The van der Waals surface area contributed by atoms with E-state index in [1.807, 2.05) is 20.8 Å². The molecule has 11 heteroatoms. The van der Waals surface area contributed by atoms with Crippen LogP contribution in [0.4, 0.5) is 5.13 Å². The summed E-state index contributed by atoms with van der Waals surface area (Å²) in [5, 5.41) is 4.13. The third kappa shape index (κ3) is 5.60. The number of nitrogens with one attached hydrogen (secondary N) is 2. The van der Waals surface area contributed by atoms with Crippen molar-refractivity contribution in [2.24, 2.45) is 0 Å². The molecule has 0 radical (unpaired) electrons. The Labute approximate surface area is 196 Å². The molecule has 2 N–H and O–H groups in total. The minimum absolute atomic E-state index is 0.176. The van der Waals surface area contributed by atoms with Crippen molar-refractivity contribution < 1.29 is 19.1 Å². The van der Waals surface area contributed by atoms with Crippen LogP contribution >= 0.6 is 22.9 Å². The first-order valence-electron chi connectivity index (χ1n) is 10.9. The van der Waals surface area contributed by atoms with Gasteiger partial charge in [-0.15, -0.1) is 0 Å². The number of anilines is 1. The molecule has 1 saturated heterocycles. The van der Waals surface area contributed by atoms with Gasteiger partial charge in [0.2, 0.25) is 0 Å². The van der Waals surface area contributed by atoms with Crippen molar-refractivity contribution in [3.8, 4) is 0 Å². The fraction of sp³-hybridized carbons (Fsp3) is 0.619. The van der Waals surface area contributed by atoms with Gasteiger partial charge in [0, 0.05) is 19.7 Å². The van der Waals surface area contributed by atoms with Crippen LogP contribution in [0.5, 0.6) is 0 Å². The summed E-state index contributed by atoms with van der Waals surface area (Å²) < 4.78 is 11.2. The zero-order chi connectivity index (χ0) is 23.3. The van der Waals surface area contributed by atoms with Gasteiger partial charge in [-0.05, 0) is 33.1 Å². The summed E-state index contributed by atoms with van der Waals surface area (Å²) in [5.41, 5.74) is 1.40. The van der Waals surface area contributed by atoms with E-state index in [0.717, 1.165) is 17.2 Å². The lowest BCUT2D eigenvalue weighted by molar-refractivity contribution is 0.0204. The lowest BCUT2D eigenvalue weighted by Gasteiger charge is -2.38. The van der Waals surface area contributed by atoms with Crippen LogP contribution in [-0.4, -0.2) is 65.3 Å². The number of carbonyl (C=O) groups is 2. The molecule has 3 heterocycles. The maximum Gasteiger partial charge on any atom is 0.350 e. The fourth-order valence-electron chi connectivity index (χ4n) is 3.56. The number of rotatable bonds is 9. The maximum absolute atomic E-state index is 12.8. The predicted molar refractivity (Wildman–Crippen MR) is 124 cm³/mol. The Morgan fingerprint density at radius 2 is 2.09 bits per heavy atom. The summed E-state index contributed by atoms with van der Waals surface area (Å²) in [6, 6.07) is -0.176. The minimum Gasteiger partial charge on any atom is -0.462 e. The number of esters is 1. The van der Waals surface area contributed by atoms with Gasteiger partial charge in [0.15, 0.2) is 16.1 Å². The van der Waals surface area contributed by atoms with Crippen molar-refractivity contribution in [2.45, 2.75) is 59.1 Å². The number of aromatic nitrogens is 3. The zero-order valence-corrected chi connectivity index (χ0v) is 20.4. The summed E-state index contributed by atoms with van der Waals surface area (Å²) in [4.78, 5) is 39.2. The quantitative estimate of drug-likeness (QED) is 0.526. The number of halogens is 1. The third-order valence-corrected chi connectivity index (χ3v) is 6.74. The van der Waals surface area contributed by atoms with Gasteiger partial charge in [0.1, 0.15) is 4.88 Å². The van der Waals surface area contributed by atoms with E-state index in [4.69, 9.17) is 21.1 Å². The maximum atomic E-state index is 12.8. The Morgan fingerprint density at radius 3 is 2.75 bits per heavy atom. The van der Waals surface area contributed by atoms with Gasteiger partial charge in [0.05, 0.1) is 30.1 Å². The van der Waals surface area contributed by atoms with Crippen molar-refractivity contribution in [3.63, 3.8) is 0 Å². The van der Waals surface area contributed by atoms with Gasteiger partial charge >= 0.3 is 5.97 Å². The number of hydrogen-bond donors (Lipinski definition) is 2. The van der Waals surface area contributed by atoms with E-state index in [0.29, 0.717) is 54.9 Å². The van der Waals surface area contributed by atoms with Crippen LogP contribution in [0.25, 0.3) is 0 Å². The predicted octanol–water partition coefficient (Wildman–Crippen LogP) is 3.37. The molecule has 1 aliphatic rings. The Bertz CT molecular complexity index is 947. The summed E-state index contributed by atoms with van der Waals surface area (Å²) in [5.74, 6) is -0.443. The minimum atomic E-state index is -0.349. The average Bonchev–Trinajstić information content (AvgIpc) is 3.35. The smallest absolute Gasteiger partial charge is 0.350 e. The average molecular weight is 484 g/mol. The lowest BCUT2D eigenvalue weighted by atomic mass is 10.0. The fourth-order valence-corrected chi connectivity index (χ4v) is 4.82. The number of piperidine rings is 1. The van der Waals surface area contributed by atoms with Crippen molar-refractivity contribution in [1.29, 1.82) is 0 Å². The number of nitrogens with zero attached hydrogens (tertiary/aromatic N) is 3. The normalized spacial score (nSPS) is 18.6. The zero-order valence-electron chi connectivity index (χ0n) is 18.9. The number of hydrogen-bond acceptors (Lipinski definition) is 8. The molecular formula is C21H30ClN5O4S. The van der Waals surface area contributed by atoms with Crippen molar-refractivity contribution >= 4 is 39.9 Å². The number of thiazole rings is 1. The number of aryl methyl sites for hydroxylation is 2. The third-order valence-electron chi connectivity index (χ3n) is 5.23. The Morgan fingerprint density at radius 1 is 1.31 bits per heavy atom. The molecule has 0 bridgehead atoms. The van der Waals surface area contributed by atoms with Crippen LogP contribution in [-0.2, 0) is 15.9 Å². The highest BCUT2D eigenvalue weighted by Gasteiger charge is 2.33. The highest BCUT2D eigenvalue weighted by Crippen LogP contribution is 2.30. The highest BCUT2D eigenvalue weighted by molar-refractivity contribution is 7.17. The van der Waals surface area contributed by atoms with Crippen molar-refractivity contribution in [1.82, 2.24) is 20.3 Å². The Balaban J connectivity index is 1.71. The second-order valence-corrected chi connectivity index (χ2v) is 8.90. The molecule has 3 rings (SSSR count). The van der Waals surface area contributed by atoms with E-state index in [2.05, 4.69) is 25.2 Å². The molecule has 2 aromatic rings. The van der Waals surface area contributed by atoms with Gasteiger partial charge in [-0.3, -0.25) is 4.79 Å². The molecule has 0 aliphatic carbocycles. The van der Waals surface area contributed by atoms with Gasteiger partial charge in [-0.1, -0.05) is 36.8 Å². The number of imidazole rings is 1. The lowest BCUT2D eigenvalue weighted by Crippen LogP contribution is -2.55. The van der Waals surface area contributed by atoms with E-state index in [1.54, 1.807) is 6.92 Å². The van der Waals surface area contributed by atoms with Gasteiger partial charge in [-0.2, -0.15) is 0 Å². The van der Waals surface area contributed by atoms with Crippen molar-refractivity contribution in [3.05, 3.63) is 27.2 Å². The van der Waals surface area contributed by atoms with E-state index in [1.165, 1.54) is 11.3 Å². The van der Waals surface area contributed by atoms with Crippen LogP contribution in [0, 0.1) is 6.92 Å². The molecule has 32 heavy (non-hydrogen) atoms. The summed E-state index contributed by atoms with van der Waals surface area (Å²) >= 11 is 7.41. The topological polar surface area (TPSA) is 109 Å². The summed E-state index contributed by atoms with van der Waals surface area (Å²) in [7, 11) is 0. The van der Waals surface area contributed by atoms with E-state index >= 15 is 0 Å². The molecule has 2 aromatic heterocycles. The Kier molecular flexibility index (Phi) is 8.50. The van der Waals surface area contributed by atoms with Crippen LogP contribution in [0.15, 0.2) is 0 Å². The molecular weight excluding hydrogens is 454 g/mol. The second kappa shape index (κ2) is 11.1. The molecule has 9 nitrogen and oxygen atoms in total. The Hall–Kier alpha value is -2.17. The number of ether oxygens (including phenoxy) is 2. The van der Waals surface area contributed by atoms with E-state index in [9.17, 15) is 9.59 Å². The van der Waals surface area contributed by atoms with Crippen LogP contribution in [0.3, 0.4) is 0 Å². The molecule has 0 unspecified atom stereocenters. The second-order valence-electron chi connectivity index (χ2n) is 7.56.